The predicted molar refractivity (Wildman–Crippen MR) is 53.3 cm³/mol. The van der Waals surface area contributed by atoms with Gasteiger partial charge in [-0.1, -0.05) is 0 Å². The smallest absolute Gasteiger partial charge is 0.159 e. The van der Waals surface area contributed by atoms with Crippen LogP contribution < -0.4 is 5.73 Å². The average molecular weight is 246 g/mol. The lowest BCUT2D eigenvalue weighted by molar-refractivity contribution is 0.181. The van der Waals surface area contributed by atoms with Crippen LogP contribution >= 0.6 is 15.9 Å². The van der Waals surface area contributed by atoms with E-state index in [2.05, 4.69) is 21.0 Å². The lowest BCUT2D eigenvalue weighted by Crippen LogP contribution is -2.11. The molecule has 1 unspecified atom stereocenters. The number of hydrogen-bond acceptors (Lipinski definition) is 3. The molecule has 1 atom stereocenters. The summed E-state index contributed by atoms with van der Waals surface area (Å²) >= 11 is 3.33. The molecule has 5 heteroatoms. The van der Waals surface area contributed by atoms with Gasteiger partial charge in [-0.05, 0) is 22.4 Å². The van der Waals surface area contributed by atoms with E-state index in [4.69, 9.17) is 10.5 Å². The Morgan fingerprint density at radius 1 is 1.77 bits per heavy atom. The fraction of sp³-hybridized carbons (Fsp3) is 0.625. The van der Waals surface area contributed by atoms with E-state index in [9.17, 15) is 0 Å². The van der Waals surface area contributed by atoms with Gasteiger partial charge in [-0.15, -0.1) is 0 Å². The van der Waals surface area contributed by atoms with E-state index in [0.717, 1.165) is 30.7 Å². The first-order valence-electron chi connectivity index (χ1n) is 4.32. The van der Waals surface area contributed by atoms with E-state index in [0.29, 0.717) is 11.7 Å². The Balaban J connectivity index is 2.00. The van der Waals surface area contributed by atoms with Crippen LogP contribution in [0.25, 0.3) is 0 Å². The molecule has 13 heavy (non-hydrogen) atoms. The Hall–Kier alpha value is -0.550. The van der Waals surface area contributed by atoms with Crippen LogP contribution in [0.1, 0.15) is 6.42 Å². The number of ether oxygens (including phenoxy) is 1. The highest BCUT2D eigenvalue weighted by molar-refractivity contribution is 9.10. The van der Waals surface area contributed by atoms with Crippen LogP contribution in [0.5, 0.6) is 0 Å². The first kappa shape index (κ1) is 9.02. The number of nitrogens with two attached hydrogens (primary N) is 1. The number of nitrogens with zero attached hydrogens (tertiary/aromatic N) is 2. The summed E-state index contributed by atoms with van der Waals surface area (Å²) in [5, 5.41) is 4.17. The molecule has 1 aliphatic heterocycles. The van der Waals surface area contributed by atoms with Gasteiger partial charge in [0.2, 0.25) is 0 Å². The highest BCUT2D eigenvalue weighted by Gasteiger charge is 2.16. The second-order valence-electron chi connectivity index (χ2n) is 3.31. The predicted octanol–water partition coefficient (Wildman–Crippen LogP) is 1.26. The van der Waals surface area contributed by atoms with Crippen molar-refractivity contribution in [3.63, 3.8) is 0 Å². The van der Waals surface area contributed by atoms with Crippen molar-refractivity contribution < 1.29 is 4.74 Å². The van der Waals surface area contributed by atoms with E-state index in [-0.39, 0.29) is 0 Å². The molecule has 0 bridgehead atoms. The van der Waals surface area contributed by atoms with E-state index in [1.54, 1.807) is 0 Å². The van der Waals surface area contributed by atoms with Crippen LogP contribution in [0.4, 0.5) is 5.82 Å². The number of hydrogen-bond donors (Lipinski definition) is 1. The zero-order valence-electron chi connectivity index (χ0n) is 7.24. The third-order valence-electron chi connectivity index (χ3n) is 2.21. The van der Waals surface area contributed by atoms with Crippen LogP contribution in [0.2, 0.25) is 0 Å². The molecule has 1 aromatic heterocycles. The second kappa shape index (κ2) is 3.67. The van der Waals surface area contributed by atoms with Gasteiger partial charge >= 0.3 is 0 Å². The van der Waals surface area contributed by atoms with Gasteiger partial charge in [0.15, 0.2) is 5.82 Å². The molecule has 1 fully saturated rings. The second-order valence-corrected chi connectivity index (χ2v) is 4.17. The Morgan fingerprint density at radius 2 is 2.62 bits per heavy atom. The summed E-state index contributed by atoms with van der Waals surface area (Å²) in [6.45, 7) is 2.62. The van der Waals surface area contributed by atoms with Gasteiger partial charge in [0, 0.05) is 25.3 Å². The van der Waals surface area contributed by atoms with Crippen molar-refractivity contribution in [2.75, 3.05) is 18.9 Å². The summed E-state index contributed by atoms with van der Waals surface area (Å²) in [6, 6.07) is 0. The monoisotopic (exact) mass is 245 g/mol. The zero-order valence-corrected chi connectivity index (χ0v) is 8.83. The van der Waals surface area contributed by atoms with Gasteiger partial charge in [0.25, 0.3) is 0 Å². The minimum Gasteiger partial charge on any atom is -0.381 e. The van der Waals surface area contributed by atoms with Gasteiger partial charge in [-0.25, -0.2) is 0 Å². The van der Waals surface area contributed by atoms with Crippen molar-refractivity contribution in [3.8, 4) is 0 Å². The van der Waals surface area contributed by atoms with Crippen molar-refractivity contribution in [3.05, 3.63) is 10.7 Å². The first-order chi connectivity index (χ1) is 6.25. The molecule has 0 aliphatic carbocycles. The van der Waals surface area contributed by atoms with Gasteiger partial charge in [0.05, 0.1) is 11.1 Å². The minimum atomic E-state index is 0.555. The molecular weight excluding hydrogens is 234 g/mol. The number of nitrogen functional groups attached to an aromatic ring is 1. The molecule has 1 saturated heterocycles. The maximum absolute atomic E-state index is 5.60. The number of anilines is 1. The molecule has 2 heterocycles. The molecule has 1 aliphatic rings. The summed E-state index contributed by atoms with van der Waals surface area (Å²) in [4.78, 5) is 0. The molecule has 0 amide bonds. The quantitative estimate of drug-likeness (QED) is 0.854. The highest BCUT2D eigenvalue weighted by atomic mass is 79.9. The van der Waals surface area contributed by atoms with E-state index < -0.39 is 0 Å². The third kappa shape index (κ3) is 2.03. The summed E-state index contributed by atoms with van der Waals surface area (Å²) in [7, 11) is 0. The number of rotatable bonds is 2. The lowest BCUT2D eigenvalue weighted by Gasteiger charge is -2.06. The summed E-state index contributed by atoms with van der Waals surface area (Å²) in [6.07, 6.45) is 3.03. The zero-order chi connectivity index (χ0) is 9.26. The Morgan fingerprint density at radius 3 is 3.15 bits per heavy atom. The Labute approximate surface area is 85.2 Å². The van der Waals surface area contributed by atoms with Gasteiger partial charge in [-0.3, -0.25) is 4.68 Å². The van der Waals surface area contributed by atoms with Crippen molar-refractivity contribution >= 4 is 21.7 Å². The SMILES string of the molecule is Nc1nn(CC2CCOC2)cc1Br. The molecule has 4 nitrogen and oxygen atoms in total. The maximum Gasteiger partial charge on any atom is 0.159 e. The molecule has 2 N–H and O–H groups in total. The fourth-order valence-electron chi connectivity index (χ4n) is 1.50. The third-order valence-corrected chi connectivity index (χ3v) is 2.82. The molecule has 72 valence electrons. The van der Waals surface area contributed by atoms with Crippen LogP contribution in [0.3, 0.4) is 0 Å². The lowest BCUT2D eigenvalue weighted by atomic mass is 10.1. The largest absolute Gasteiger partial charge is 0.381 e. The molecule has 0 saturated carbocycles. The van der Waals surface area contributed by atoms with Crippen LogP contribution in [0.15, 0.2) is 10.7 Å². The minimum absolute atomic E-state index is 0.555. The van der Waals surface area contributed by atoms with Crippen LogP contribution in [0, 0.1) is 5.92 Å². The van der Waals surface area contributed by atoms with E-state index in [1.165, 1.54) is 0 Å². The van der Waals surface area contributed by atoms with Gasteiger partial charge < -0.3 is 10.5 Å². The van der Waals surface area contributed by atoms with Crippen molar-refractivity contribution in [1.29, 1.82) is 0 Å². The Bertz CT molecular complexity index is 274. The highest BCUT2D eigenvalue weighted by Crippen LogP contribution is 2.19. The van der Waals surface area contributed by atoms with Crippen LogP contribution in [-0.2, 0) is 11.3 Å². The molecule has 0 aromatic carbocycles. The normalized spacial score (nSPS) is 22.4. The van der Waals surface area contributed by atoms with Crippen molar-refractivity contribution in [2.45, 2.75) is 13.0 Å². The summed E-state index contributed by atoms with van der Waals surface area (Å²) in [5.41, 5.74) is 5.60. The topological polar surface area (TPSA) is 53.1 Å². The molecule has 0 radical (unpaired) electrons. The van der Waals surface area contributed by atoms with Crippen LogP contribution in [-0.4, -0.2) is 23.0 Å². The molecule has 1 aromatic rings. The van der Waals surface area contributed by atoms with Crippen molar-refractivity contribution in [2.24, 2.45) is 5.92 Å². The standard InChI is InChI=1S/C8H12BrN3O/c9-7-4-12(11-8(7)10)3-6-1-2-13-5-6/h4,6H,1-3,5H2,(H2,10,11). The average Bonchev–Trinajstić information content (AvgIpc) is 2.64. The summed E-state index contributed by atoms with van der Waals surface area (Å²) < 4.78 is 8.02. The fourth-order valence-corrected chi connectivity index (χ4v) is 1.81. The van der Waals surface area contributed by atoms with E-state index in [1.807, 2.05) is 10.9 Å². The summed E-state index contributed by atoms with van der Waals surface area (Å²) in [5.74, 6) is 1.14. The van der Waals surface area contributed by atoms with E-state index >= 15 is 0 Å². The van der Waals surface area contributed by atoms with Gasteiger partial charge in [-0.2, -0.15) is 5.10 Å². The van der Waals surface area contributed by atoms with Crippen molar-refractivity contribution in [1.82, 2.24) is 9.78 Å². The molecule has 2 rings (SSSR count). The molecular formula is C8H12BrN3O. The van der Waals surface area contributed by atoms with Gasteiger partial charge in [0.1, 0.15) is 0 Å². The Kier molecular flexibility index (Phi) is 2.55. The maximum atomic E-state index is 5.60. The number of aromatic nitrogens is 2. The number of halogens is 1. The first-order valence-corrected chi connectivity index (χ1v) is 5.11. The molecule has 0 spiro atoms.